The Morgan fingerprint density at radius 3 is 2.57 bits per heavy atom. The molecule has 2 rings (SSSR count). The molecule has 3 N–H and O–H groups in total. The Hall–Kier alpha value is -1.39. The van der Waals surface area contributed by atoms with Gasteiger partial charge in [0.15, 0.2) is 0 Å². The van der Waals surface area contributed by atoms with Gasteiger partial charge in [0.1, 0.15) is 5.54 Å². The maximum Gasteiger partial charge on any atom is 0.244 e. The van der Waals surface area contributed by atoms with Crippen molar-refractivity contribution in [2.75, 3.05) is 19.6 Å². The Labute approximate surface area is 140 Å². The van der Waals surface area contributed by atoms with Crippen LogP contribution in [0, 0.1) is 5.92 Å². The zero-order chi connectivity index (χ0) is 17.1. The van der Waals surface area contributed by atoms with E-state index >= 15 is 0 Å². The standard InChI is InChI=1S/C19H31N3O/c1-15-9-8-12-22(13-15)18(2,3)14-21-17(23)19(4,20)16-10-6-5-7-11-16/h5-7,10-11,15H,8-9,12-14,20H2,1-4H3,(H,21,23). The molecule has 0 radical (unpaired) electrons. The molecule has 1 aromatic carbocycles. The summed E-state index contributed by atoms with van der Waals surface area (Å²) in [6, 6.07) is 9.55. The fourth-order valence-corrected chi connectivity index (χ4v) is 3.25. The molecule has 0 saturated carbocycles. The average Bonchev–Trinajstić information content (AvgIpc) is 2.53. The van der Waals surface area contributed by atoms with Gasteiger partial charge in [-0.15, -0.1) is 0 Å². The number of amides is 1. The second kappa shape index (κ2) is 7.02. The number of nitrogens with zero attached hydrogens (tertiary/aromatic N) is 1. The molecule has 4 nitrogen and oxygen atoms in total. The number of piperidine rings is 1. The normalized spacial score (nSPS) is 22.4. The van der Waals surface area contributed by atoms with Gasteiger partial charge >= 0.3 is 0 Å². The third-order valence-corrected chi connectivity index (χ3v) is 5.04. The van der Waals surface area contributed by atoms with Gasteiger partial charge in [0.2, 0.25) is 5.91 Å². The second-order valence-electron chi connectivity index (χ2n) is 7.76. The topological polar surface area (TPSA) is 58.4 Å². The molecule has 1 saturated heterocycles. The van der Waals surface area contributed by atoms with Crippen molar-refractivity contribution in [3.05, 3.63) is 35.9 Å². The van der Waals surface area contributed by atoms with Crippen molar-refractivity contribution in [1.29, 1.82) is 0 Å². The zero-order valence-corrected chi connectivity index (χ0v) is 14.9. The van der Waals surface area contributed by atoms with Gasteiger partial charge in [0, 0.05) is 18.6 Å². The predicted molar refractivity (Wildman–Crippen MR) is 95.0 cm³/mol. The molecule has 128 valence electrons. The first-order valence-corrected chi connectivity index (χ1v) is 8.61. The van der Waals surface area contributed by atoms with Gasteiger partial charge in [-0.25, -0.2) is 0 Å². The number of carbonyl (C=O) groups is 1. The lowest BCUT2D eigenvalue weighted by molar-refractivity contribution is -0.126. The van der Waals surface area contributed by atoms with E-state index in [1.54, 1.807) is 6.92 Å². The first-order valence-electron chi connectivity index (χ1n) is 8.61. The van der Waals surface area contributed by atoms with Crippen LogP contribution in [0.1, 0.15) is 46.1 Å². The molecular formula is C19H31N3O. The molecule has 0 aliphatic carbocycles. The van der Waals surface area contributed by atoms with Gasteiger partial charge in [-0.2, -0.15) is 0 Å². The van der Waals surface area contributed by atoms with Crippen molar-refractivity contribution >= 4 is 5.91 Å². The van der Waals surface area contributed by atoms with Crippen molar-refractivity contribution in [1.82, 2.24) is 10.2 Å². The highest BCUT2D eigenvalue weighted by atomic mass is 16.2. The average molecular weight is 317 g/mol. The van der Waals surface area contributed by atoms with Crippen LogP contribution in [0.2, 0.25) is 0 Å². The third-order valence-electron chi connectivity index (χ3n) is 5.04. The van der Waals surface area contributed by atoms with Gasteiger partial charge < -0.3 is 11.1 Å². The number of hydrogen-bond acceptors (Lipinski definition) is 3. The highest BCUT2D eigenvalue weighted by Crippen LogP contribution is 2.24. The first kappa shape index (κ1) is 18.0. The molecular weight excluding hydrogens is 286 g/mol. The molecule has 0 bridgehead atoms. The first-order chi connectivity index (χ1) is 10.7. The monoisotopic (exact) mass is 317 g/mol. The number of nitrogens with one attached hydrogen (secondary N) is 1. The van der Waals surface area contributed by atoms with Gasteiger partial charge in [-0.05, 0) is 51.6 Å². The number of nitrogens with two attached hydrogens (primary N) is 1. The molecule has 1 amide bonds. The summed E-state index contributed by atoms with van der Waals surface area (Å²) < 4.78 is 0. The molecule has 1 aliphatic rings. The lowest BCUT2D eigenvalue weighted by Crippen LogP contribution is -2.57. The minimum atomic E-state index is -1.01. The van der Waals surface area contributed by atoms with Gasteiger partial charge in [0.05, 0.1) is 0 Å². The van der Waals surface area contributed by atoms with E-state index in [4.69, 9.17) is 5.73 Å². The lowest BCUT2D eigenvalue weighted by atomic mass is 9.91. The van der Waals surface area contributed by atoms with Crippen LogP contribution >= 0.6 is 0 Å². The van der Waals surface area contributed by atoms with Crippen LogP contribution in [0.15, 0.2) is 30.3 Å². The Morgan fingerprint density at radius 2 is 1.96 bits per heavy atom. The van der Waals surface area contributed by atoms with Crippen molar-refractivity contribution in [3.8, 4) is 0 Å². The second-order valence-corrected chi connectivity index (χ2v) is 7.76. The molecule has 1 aliphatic heterocycles. The molecule has 1 heterocycles. The van der Waals surface area contributed by atoms with Gasteiger partial charge in [0.25, 0.3) is 0 Å². The summed E-state index contributed by atoms with van der Waals surface area (Å²) in [5, 5.41) is 3.07. The number of rotatable bonds is 5. The maximum atomic E-state index is 12.6. The molecule has 23 heavy (non-hydrogen) atoms. The SMILES string of the molecule is CC1CCCN(C(C)(C)CNC(=O)C(C)(N)c2ccccc2)C1. The van der Waals surface area contributed by atoms with E-state index in [0.717, 1.165) is 24.6 Å². The minimum absolute atomic E-state index is 0.0584. The van der Waals surface area contributed by atoms with Gasteiger partial charge in [-0.1, -0.05) is 37.3 Å². The van der Waals surface area contributed by atoms with E-state index in [0.29, 0.717) is 6.54 Å². The molecule has 2 atom stereocenters. The molecule has 1 aromatic rings. The van der Waals surface area contributed by atoms with Crippen LogP contribution in [0.5, 0.6) is 0 Å². The fraction of sp³-hybridized carbons (Fsp3) is 0.632. The highest BCUT2D eigenvalue weighted by Gasteiger charge is 2.34. The van der Waals surface area contributed by atoms with E-state index in [1.807, 2.05) is 30.3 Å². The Kier molecular flexibility index (Phi) is 5.48. The number of benzene rings is 1. The summed E-state index contributed by atoms with van der Waals surface area (Å²) in [5.41, 5.74) is 6.06. The van der Waals surface area contributed by atoms with Gasteiger partial charge in [-0.3, -0.25) is 9.69 Å². The van der Waals surface area contributed by atoms with Crippen LogP contribution in [0.4, 0.5) is 0 Å². The quantitative estimate of drug-likeness (QED) is 0.877. The maximum absolute atomic E-state index is 12.6. The molecule has 0 spiro atoms. The van der Waals surface area contributed by atoms with Crippen molar-refractivity contribution in [2.45, 2.75) is 51.6 Å². The van der Waals surface area contributed by atoms with E-state index in [2.05, 4.69) is 31.0 Å². The van der Waals surface area contributed by atoms with Crippen molar-refractivity contribution < 1.29 is 4.79 Å². The van der Waals surface area contributed by atoms with Crippen LogP contribution in [0.25, 0.3) is 0 Å². The third kappa shape index (κ3) is 4.33. The fourth-order valence-electron chi connectivity index (χ4n) is 3.25. The highest BCUT2D eigenvalue weighted by molar-refractivity contribution is 5.87. The largest absolute Gasteiger partial charge is 0.352 e. The van der Waals surface area contributed by atoms with Crippen molar-refractivity contribution in [2.24, 2.45) is 11.7 Å². The van der Waals surface area contributed by atoms with Crippen LogP contribution in [-0.4, -0.2) is 36.0 Å². The smallest absolute Gasteiger partial charge is 0.244 e. The predicted octanol–water partition coefficient (Wildman–Crippen LogP) is 2.49. The lowest BCUT2D eigenvalue weighted by Gasteiger charge is -2.43. The summed E-state index contributed by atoms with van der Waals surface area (Å²) in [4.78, 5) is 15.1. The number of likely N-dealkylation sites (tertiary alicyclic amines) is 1. The Bertz CT molecular complexity index is 525. The zero-order valence-electron chi connectivity index (χ0n) is 14.9. The summed E-state index contributed by atoms with van der Waals surface area (Å²) in [7, 11) is 0. The Balaban J connectivity index is 1.97. The van der Waals surface area contributed by atoms with E-state index in [1.165, 1.54) is 12.8 Å². The molecule has 1 fully saturated rings. The Morgan fingerprint density at radius 1 is 1.30 bits per heavy atom. The molecule has 4 heteroatoms. The summed E-state index contributed by atoms with van der Waals surface area (Å²) in [5.74, 6) is 0.602. The molecule has 0 aromatic heterocycles. The van der Waals surface area contributed by atoms with Crippen LogP contribution in [0.3, 0.4) is 0 Å². The molecule has 2 unspecified atom stereocenters. The summed E-state index contributed by atoms with van der Waals surface area (Å²) in [6.45, 7) is 11.3. The van der Waals surface area contributed by atoms with Crippen LogP contribution in [-0.2, 0) is 10.3 Å². The van der Waals surface area contributed by atoms with E-state index in [-0.39, 0.29) is 11.4 Å². The van der Waals surface area contributed by atoms with E-state index < -0.39 is 5.54 Å². The van der Waals surface area contributed by atoms with Crippen LogP contribution < -0.4 is 11.1 Å². The van der Waals surface area contributed by atoms with E-state index in [9.17, 15) is 4.79 Å². The summed E-state index contributed by atoms with van der Waals surface area (Å²) in [6.07, 6.45) is 2.53. The number of hydrogen-bond donors (Lipinski definition) is 2. The van der Waals surface area contributed by atoms with Crippen molar-refractivity contribution in [3.63, 3.8) is 0 Å². The summed E-state index contributed by atoms with van der Waals surface area (Å²) >= 11 is 0. The minimum Gasteiger partial charge on any atom is -0.352 e. The number of carbonyl (C=O) groups excluding carboxylic acids is 1.